The van der Waals surface area contributed by atoms with Crippen LogP contribution in [0.3, 0.4) is 0 Å². The monoisotopic (exact) mass is 349 g/mol. The molecule has 9 nitrogen and oxygen atoms in total. The number of piperazine rings is 1. The molecule has 1 unspecified atom stereocenters. The SMILES string of the molecule is N=C/C(=C\N)C1CN(c2ccnc(-c3cnc4cnccn34)n2)CCN1. The third kappa shape index (κ3) is 2.88. The first kappa shape index (κ1) is 16.2. The first-order valence-electron chi connectivity index (χ1n) is 8.31. The lowest BCUT2D eigenvalue weighted by Gasteiger charge is -2.34. The molecule has 0 bridgehead atoms. The maximum absolute atomic E-state index is 7.50. The Kier molecular flexibility index (Phi) is 4.28. The quantitative estimate of drug-likeness (QED) is 0.585. The van der Waals surface area contributed by atoms with E-state index in [1.165, 1.54) is 12.4 Å². The van der Waals surface area contributed by atoms with Crippen molar-refractivity contribution in [2.24, 2.45) is 5.73 Å². The summed E-state index contributed by atoms with van der Waals surface area (Å²) in [6.07, 6.45) is 11.5. The molecule has 3 aromatic rings. The minimum Gasteiger partial charge on any atom is -0.404 e. The molecule has 0 amide bonds. The first-order chi connectivity index (χ1) is 12.8. The van der Waals surface area contributed by atoms with Crippen LogP contribution in [0, 0.1) is 5.41 Å². The van der Waals surface area contributed by atoms with Crippen molar-refractivity contribution in [3.63, 3.8) is 0 Å². The van der Waals surface area contributed by atoms with Gasteiger partial charge in [0.2, 0.25) is 0 Å². The van der Waals surface area contributed by atoms with Gasteiger partial charge in [-0.05, 0) is 6.07 Å². The van der Waals surface area contributed by atoms with E-state index < -0.39 is 0 Å². The van der Waals surface area contributed by atoms with E-state index in [9.17, 15) is 0 Å². The minimum absolute atomic E-state index is 0.00605. The molecular weight excluding hydrogens is 330 g/mol. The van der Waals surface area contributed by atoms with Crippen LogP contribution in [0.1, 0.15) is 0 Å². The number of nitrogens with zero attached hydrogens (tertiary/aromatic N) is 6. The van der Waals surface area contributed by atoms with E-state index in [2.05, 4.69) is 25.2 Å². The third-order valence-electron chi connectivity index (χ3n) is 4.45. The Labute approximate surface area is 150 Å². The van der Waals surface area contributed by atoms with Crippen molar-refractivity contribution in [3.05, 3.63) is 48.8 Å². The van der Waals surface area contributed by atoms with Crippen LogP contribution in [0.2, 0.25) is 0 Å². The van der Waals surface area contributed by atoms with Crippen LogP contribution >= 0.6 is 0 Å². The summed E-state index contributed by atoms with van der Waals surface area (Å²) >= 11 is 0. The number of fused-ring (bicyclic) bond motifs is 1. The van der Waals surface area contributed by atoms with Crippen molar-refractivity contribution >= 4 is 17.7 Å². The van der Waals surface area contributed by atoms with Gasteiger partial charge in [-0.15, -0.1) is 0 Å². The molecule has 132 valence electrons. The molecule has 4 heterocycles. The van der Waals surface area contributed by atoms with Gasteiger partial charge in [0.15, 0.2) is 11.5 Å². The summed E-state index contributed by atoms with van der Waals surface area (Å²) in [4.78, 5) is 19.7. The summed E-state index contributed by atoms with van der Waals surface area (Å²) in [6, 6.07) is 1.90. The average molecular weight is 349 g/mol. The molecule has 0 aliphatic carbocycles. The fraction of sp³-hybridized carbons (Fsp3) is 0.235. The molecule has 26 heavy (non-hydrogen) atoms. The third-order valence-corrected chi connectivity index (χ3v) is 4.45. The van der Waals surface area contributed by atoms with Gasteiger partial charge in [0.1, 0.15) is 11.5 Å². The van der Waals surface area contributed by atoms with Crippen LogP contribution in [0.15, 0.2) is 48.8 Å². The van der Waals surface area contributed by atoms with E-state index in [0.29, 0.717) is 12.4 Å². The zero-order valence-electron chi connectivity index (χ0n) is 14.1. The van der Waals surface area contributed by atoms with Crippen molar-refractivity contribution < 1.29 is 0 Å². The maximum atomic E-state index is 7.50. The average Bonchev–Trinajstić information content (AvgIpc) is 3.13. The van der Waals surface area contributed by atoms with Crippen LogP contribution in [0.4, 0.5) is 5.82 Å². The van der Waals surface area contributed by atoms with Crippen LogP contribution < -0.4 is 16.0 Å². The van der Waals surface area contributed by atoms with Crippen molar-refractivity contribution in [2.75, 3.05) is 24.5 Å². The van der Waals surface area contributed by atoms with Crippen molar-refractivity contribution in [2.45, 2.75) is 6.04 Å². The molecule has 0 spiro atoms. The summed E-state index contributed by atoms with van der Waals surface area (Å²) in [5, 5.41) is 10.9. The lowest BCUT2D eigenvalue weighted by atomic mass is 10.1. The predicted molar refractivity (Wildman–Crippen MR) is 99.1 cm³/mol. The summed E-state index contributed by atoms with van der Waals surface area (Å²) in [6.45, 7) is 2.29. The number of anilines is 1. The van der Waals surface area contributed by atoms with Crippen molar-refractivity contribution in [1.82, 2.24) is 29.7 Å². The van der Waals surface area contributed by atoms with E-state index in [-0.39, 0.29) is 6.04 Å². The van der Waals surface area contributed by atoms with Gasteiger partial charge in [-0.2, -0.15) is 0 Å². The van der Waals surface area contributed by atoms with E-state index in [1.807, 2.05) is 16.7 Å². The standard InChI is InChI=1S/C17H19N9/c18-7-12(8-19)13-11-25(5-4-21-13)15-1-2-22-17(24-15)14-9-23-16-10-20-3-6-26(14)16/h1-3,6-10,13,18,21H,4-5,11,19H2/b12-8+,18-7?. The van der Waals surface area contributed by atoms with Crippen LogP contribution in [-0.4, -0.2) is 56.2 Å². The highest BCUT2D eigenvalue weighted by Crippen LogP contribution is 2.20. The topological polar surface area (TPSA) is 121 Å². The Balaban J connectivity index is 1.64. The normalized spacial score (nSPS) is 18.2. The summed E-state index contributed by atoms with van der Waals surface area (Å²) in [5.74, 6) is 1.45. The molecule has 0 radical (unpaired) electrons. The molecule has 3 aromatic heterocycles. The number of aromatic nitrogens is 5. The molecule has 4 N–H and O–H groups in total. The maximum Gasteiger partial charge on any atom is 0.180 e. The van der Waals surface area contributed by atoms with Gasteiger partial charge in [0, 0.05) is 56.2 Å². The smallest absolute Gasteiger partial charge is 0.180 e. The summed E-state index contributed by atoms with van der Waals surface area (Å²) < 4.78 is 1.91. The number of rotatable bonds is 4. The van der Waals surface area contributed by atoms with Crippen molar-refractivity contribution in [1.29, 1.82) is 5.41 Å². The molecule has 9 heteroatoms. The van der Waals surface area contributed by atoms with Crippen LogP contribution in [0.5, 0.6) is 0 Å². The van der Waals surface area contributed by atoms with Crippen molar-refractivity contribution in [3.8, 4) is 11.5 Å². The zero-order chi connectivity index (χ0) is 17.9. The zero-order valence-corrected chi connectivity index (χ0v) is 14.1. The highest BCUT2D eigenvalue weighted by molar-refractivity contribution is 5.77. The molecule has 1 fully saturated rings. The molecule has 4 rings (SSSR count). The van der Waals surface area contributed by atoms with Crippen LogP contribution in [-0.2, 0) is 0 Å². The summed E-state index contributed by atoms with van der Waals surface area (Å²) in [7, 11) is 0. The molecule has 1 aliphatic heterocycles. The lowest BCUT2D eigenvalue weighted by molar-refractivity contribution is 0.507. The number of imidazole rings is 1. The van der Waals surface area contributed by atoms with Gasteiger partial charge in [-0.3, -0.25) is 9.38 Å². The Hall–Kier alpha value is -3.33. The van der Waals surface area contributed by atoms with Gasteiger partial charge in [0.25, 0.3) is 0 Å². The Bertz CT molecular complexity index is 962. The lowest BCUT2D eigenvalue weighted by Crippen LogP contribution is -2.52. The Morgan fingerprint density at radius 2 is 2.23 bits per heavy atom. The van der Waals surface area contributed by atoms with Gasteiger partial charge in [0.05, 0.1) is 18.4 Å². The number of hydrogen-bond donors (Lipinski definition) is 3. The molecule has 0 saturated carbocycles. The molecular formula is C17H19N9. The first-order valence-corrected chi connectivity index (χ1v) is 8.31. The largest absolute Gasteiger partial charge is 0.404 e. The highest BCUT2D eigenvalue weighted by Gasteiger charge is 2.23. The number of hydrogen-bond acceptors (Lipinski definition) is 8. The van der Waals surface area contributed by atoms with Gasteiger partial charge in [-0.25, -0.2) is 15.0 Å². The van der Waals surface area contributed by atoms with E-state index in [4.69, 9.17) is 16.1 Å². The predicted octanol–water partition coefficient (Wildman–Crippen LogP) is 0.457. The number of nitrogens with two attached hydrogens (primary N) is 1. The van der Waals surface area contributed by atoms with Gasteiger partial charge in [-0.1, -0.05) is 0 Å². The number of nitrogens with one attached hydrogen (secondary N) is 2. The Morgan fingerprint density at radius 3 is 3.08 bits per heavy atom. The van der Waals surface area contributed by atoms with E-state index >= 15 is 0 Å². The van der Waals surface area contributed by atoms with E-state index in [0.717, 1.165) is 35.8 Å². The van der Waals surface area contributed by atoms with E-state index in [1.54, 1.807) is 24.8 Å². The fourth-order valence-electron chi connectivity index (χ4n) is 3.10. The molecule has 1 atom stereocenters. The second-order valence-electron chi connectivity index (χ2n) is 5.95. The van der Waals surface area contributed by atoms with Crippen LogP contribution in [0.25, 0.3) is 17.2 Å². The molecule has 1 saturated heterocycles. The highest BCUT2D eigenvalue weighted by atomic mass is 15.3. The second kappa shape index (κ2) is 6.89. The molecule has 1 aliphatic rings. The summed E-state index contributed by atoms with van der Waals surface area (Å²) in [5.41, 5.74) is 7.96. The Morgan fingerprint density at radius 1 is 1.31 bits per heavy atom. The second-order valence-corrected chi connectivity index (χ2v) is 5.95. The minimum atomic E-state index is 0.00605. The van der Waals surface area contributed by atoms with Gasteiger partial charge < -0.3 is 21.4 Å². The molecule has 0 aromatic carbocycles. The van der Waals surface area contributed by atoms with Gasteiger partial charge >= 0.3 is 0 Å². The fourth-order valence-corrected chi connectivity index (χ4v) is 3.10.